The second-order valence-corrected chi connectivity index (χ2v) is 4.97. The van der Waals surface area contributed by atoms with E-state index < -0.39 is 0 Å². The van der Waals surface area contributed by atoms with Crippen LogP contribution in [-0.4, -0.2) is 24.7 Å². The van der Waals surface area contributed by atoms with Crippen molar-refractivity contribution in [3.63, 3.8) is 0 Å². The van der Waals surface area contributed by atoms with Gasteiger partial charge in [-0.25, -0.2) is 0 Å². The standard InChI is InChI=1S/C12H21NO2/c1-9-4-6-10(7-5-9)15-12(14)11-3-2-8-13-11/h9-11,13H,2-8H2,1H3/t9?,10?,11-/m0/s1. The van der Waals surface area contributed by atoms with Crippen molar-refractivity contribution in [2.24, 2.45) is 5.92 Å². The summed E-state index contributed by atoms with van der Waals surface area (Å²) in [6.07, 6.45) is 6.76. The molecule has 1 atom stereocenters. The van der Waals surface area contributed by atoms with Gasteiger partial charge in [-0.15, -0.1) is 0 Å². The van der Waals surface area contributed by atoms with Gasteiger partial charge in [0.1, 0.15) is 12.1 Å². The molecule has 1 saturated carbocycles. The first-order valence-electron chi connectivity index (χ1n) is 6.19. The first-order valence-corrected chi connectivity index (χ1v) is 6.19. The number of rotatable bonds is 2. The van der Waals surface area contributed by atoms with Crippen LogP contribution in [0.25, 0.3) is 0 Å². The third-order valence-corrected chi connectivity index (χ3v) is 3.59. The predicted octanol–water partition coefficient (Wildman–Crippen LogP) is 1.86. The Labute approximate surface area is 91.6 Å². The summed E-state index contributed by atoms with van der Waals surface area (Å²) in [5.41, 5.74) is 0. The van der Waals surface area contributed by atoms with Crippen LogP contribution in [0.1, 0.15) is 45.4 Å². The molecule has 0 aromatic carbocycles. The smallest absolute Gasteiger partial charge is 0.323 e. The van der Waals surface area contributed by atoms with Crippen molar-refractivity contribution in [1.82, 2.24) is 5.32 Å². The minimum atomic E-state index is -0.0238. The Morgan fingerprint density at radius 2 is 1.93 bits per heavy atom. The lowest BCUT2D eigenvalue weighted by Crippen LogP contribution is -2.36. The molecule has 0 aromatic heterocycles. The zero-order valence-electron chi connectivity index (χ0n) is 9.50. The molecule has 0 radical (unpaired) electrons. The summed E-state index contributed by atoms with van der Waals surface area (Å²) in [4.78, 5) is 11.7. The summed E-state index contributed by atoms with van der Waals surface area (Å²) in [6, 6.07) is -0.0238. The number of nitrogens with one attached hydrogen (secondary N) is 1. The SMILES string of the molecule is CC1CCC(OC(=O)[C@@H]2CCCN2)CC1. The lowest BCUT2D eigenvalue weighted by atomic mass is 9.89. The van der Waals surface area contributed by atoms with E-state index in [0.717, 1.165) is 38.1 Å². The molecule has 0 spiro atoms. The van der Waals surface area contributed by atoms with Gasteiger partial charge < -0.3 is 10.1 Å². The second-order valence-electron chi connectivity index (χ2n) is 4.97. The summed E-state index contributed by atoms with van der Waals surface area (Å²) in [5.74, 6) is 0.789. The van der Waals surface area contributed by atoms with E-state index in [2.05, 4.69) is 12.2 Å². The number of hydrogen-bond acceptors (Lipinski definition) is 3. The van der Waals surface area contributed by atoms with Crippen molar-refractivity contribution in [2.75, 3.05) is 6.54 Å². The Hall–Kier alpha value is -0.570. The third kappa shape index (κ3) is 2.94. The van der Waals surface area contributed by atoms with Gasteiger partial charge in [-0.3, -0.25) is 4.79 Å². The molecule has 1 aliphatic carbocycles. The molecular weight excluding hydrogens is 190 g/mol. The van der Waals surface area contributed by atoms with E-state index in [1.165, 1.54) is 12.8 Å². The van der Waals surface area contributed by atoms with Crippen LogP contribution < -0.4 is 5.32 Å². The minimum absolute atomic E-state index is 0.0212. The minimum Gasteiger partial charge on any atom is -0.461 e. The maximum absolute atomic E-state index is 11.7. The molecule has 1 saturated heterocycles. The fraction of sp³-hybridized carbons (Fsp3) is 0.917. The number of carbonyl (C=O) groups is 1. The highest BCUT2D eigenvalue weighted by molar-refractivity contribution is 5.76. The average molecular weight is 211 g/mol. The molecular formula is C12H21NO2. The van der Waals surface area contributed by atoms with Crippen LogP contribution in [0, 0.1) is 5.92 Å². The van der Waals surface area contributed by atoms with Crippen molar-refractivity contribution in [1.29, 1.82) is 0 Å². The van der Waals surface area contributed by atoms with Gasteiger partial charge in [0.2, 0.25) is 0 Å². The van der Waals surface area contributed by atoms with E-state index in [9.17, 15) is 4.79 Å². The number of hydrogen-bond donors (Lipinski definition) is 1. The van der Waals surface area contributed by atoms with Gasteiger partial charge in [-0.05, 0) is 51.0 Å². The van der Waals surface area contributed by atoms with Gasteiger partial charge in [0, 0.05) is 0 Å². The fourth-order valence-electron chi connectivity index (χ4n) is 2.48. The van der Waals surface area contributed by atoms with Crippen LogP contribution in [-0.2, 0) is 9.53 Å². The summed E-state index contributed by atoms with van der Waals surface area (Å²) < 4.78 is 5.52. The molecule has 3 heteroatoms. The first-order chi connectivity index (χ1) is 7.25. The lowest BCUT2D eigenvalue weighted by Gasteiger charge is -2.26. The summed E-state index contributed by atoms with van der Waals surface area (Å²) in [6.45, 7) is 3.23. The molecule has 86 valence electrons. The van der Waals surface area contributed by atoms with Crippen LogP contribution in [0.5, 0.6) is 0 Å². The number of ether oxygens (including phenoxy) is 1. The normalized spacial score (nSPS) is 36.5. The van der Waals surface area contributed by atoms with Crippen LogP contribution in [0.3, 0.4) is 0 Å². The number of esters is 1. The van der Waals surface area contributed by atoms with E-state index >= 15 is 0 Å². The maximum Gasteiger partial charge on any atom is 0.323 e. The highest BCUT2D eigenvalue weighted by Gasteiger charge is 2.27. The Balaban J connectivity index is 1.74. The van der Waals surface area contributed by atoms with Crippen LogP contribution in [0.2, 0.25) is 0 Å². The molecule has 0 bridgehead atoms. The quantitative estimate of drug-likeness (QED) is 0.708. The maximum atomic E-state index is 11.7. The molecule has 1 N–H and O–H groups in total. The van der Waals surface area contributed by atoms with E-state index in [1.807, 2.05) is 0 Å². The highest BCUT2D eigenvalue weighted by Crippen LogP contribution is 2.26. The van der Waals surface area contributed by atoms with E-state index in [1.54, 1.807) is 0 Å². The summed E-state index contributed by atoms with van der Waals surface area (Å²) >= 11 is 0. The van der Waals surface area contributed by atoms with E-state index in [0.29, 0.717) is 0 Å². The molecule has 0 unspecified atom stereocenters. The van der Waals surface area contributed by atoms with Gasteiger partial charge in [-0.1, -0.05) is 6.92 Å². The molecule has 2 rings (SSSR count). The monoisotopic (exact) mass is 211 g/mol. The van der Waals surface area contributed by atoms with Gasteiger partial charge in [0.15, 0.2) is 0 Å². The Morgan fingerprint density at radius 3 is 2.53 bits per heavy atom. The predicted molar refractivity (Wildman–Crippen MR) is 58.5 cm³/mol. The highest BCUT2D eigenvalue weighted by atomic mass is 16.5. The fourth-order valence-corrected chi connectivity index (χ4v) is 2.48. The Morgan fingerprint density at radius 1 is 1.20 bits per heavy atom. The van der Waals surface area contributed by atoms with E-state index in [-0.39, 0.29) is 18.1 Å². The lowest BCUT2D eigenvalue weighted by molar-refractivity contribution is -0.153. The van der Waals surface area contributed by atoms with Gasteiger partial charge >= 0.3 is 5.97 Å². The largest absolute Gasteiger partial charge is 0.461 e. The zero-order valence-corrected chi connectivity index (χ0v) is 9.50. The van der Waals surface area contributed by atoms with Gasteiger partial charge in [-0.2, -0.15) is 0 Å². The van der Waals surface area contributed by atoms with Crippen molar-refractivity contribution >= 4 is 5.97 Å². The first kappa shape index (κ1) is 10.9. The molecule has 1 heterocycles. The molecule has 2 aliphatic rings. The Kier molecular flexibility index (Phi) is 3.62. The number of carbonyl (C=O) groups excluding carboxylic acids is 1. The molecule has 0 aromatic rings. The topological polar surface area (TPSA) is 38.3 Å². The van der Waals surface area contributed by atoms with Crippen molar-refractivity contribution in [3.8, 4) is 0 Å². The molecule has 3 nitrogen and oxygen atoms in total. The van der Waals surface area contributed by atoms with E-state index in [4.69, 9.17) is 4.74 Å². The average Bonchev–Trinajstić information content (AvgIpc) is 2.74. The van der Waals surface area contributed by atoms with Crippen molar-refractivity contribution in [3.05, 3.63) is 0 Å². The molecule has 1 aliphatic heterocycles. The Bertz CT molecular complexity index is 216. The second kappa shape index (κ2) is 4.97. The van der Waals surface area contributed by atoms with Crippen molar-refractivity contribution in [2.45, 2.75) is 57.6 Å². The zero-order chi connectivity index (χ0) is 10.7. The summed E-state index contributed by atoms with van der Waals surface area (Å²) in [5, 5.41) is 3.18. The summed E-state index contributed by atoms with van der Waals surface area (Å²) in [7, 11) is 0. The van der Waals surface area contributed by atoms with Crippen LogP contribution in [0.15, 0.2) is 0 Å². The van der Waals surface area contributed by atoms with Gasteiger partial charge in [0.25, 0.3) is 0 Å². The molecule has 0 amide bonds. The molecule has 2 fully saturated rings. The van der Waals surface area contributed by atoms with Crippen LogP contribution in [0.4, 0.5) is 0 Å². The third-order valence-electron chi connectivity index (χ3n) is 3.59. The van der Waals surface area contributed by atoms with Crippen molar-refractivity contribution < 1.29 is 9.53 Å². The van der Waals surface area contributed by atoms with Gasteiger partial charge in [0.05, 0.1) is 0 Å². The van der Waals surface area contributed by atoms with Crippen LogP contribution >= 0.6 is 0 Å². The molecule has 15 heavy (non-hydrogen) atoms.